The first-order valence-electron chi connectivity index (χ1n) is 9.87. The van der Waals surface area contributed by atoms with Gasteiger partial charge in [0.25, 0.3) is 0 Å². The number of guanidine groups is 1. The second kappa shape index (κ2) is 13.2. The summed E-state index contributed by atoms with van der Waals surface area (Å²) in [6, 6.07) is 18.1. The van der Waals surface area contributed by atoms with Gasteiger partial charge in [0, 0.05) is 22.9 Å². The molecule has 3 rings (SSSR count). The van der Waals surface area contributed by atoms with Crippen LogP contribution < -0.4 is 15.4 Å². The Labute approximate surface area is 204 Å². The van der Waals surface area contributed by atoms with Crippen molar-refractivity contribution in [3.8, 4) is 5.75 Å². The molecule has 2 aromatic carbocycles. The van der Waals surface area contributed by atoms with Crippen molar-refractivity contribution in [3.05, 3.63) is 66.3 Å². The van der Waals surface area contributed by atoms with E-state index in [0.29, 0.717) is 24.2 Å². The number of benzene rings is 2. The minimum absolute atomic E-state index is 0. The van der Waals surface area contributed by atoms with E-state index in [1.165, 1.54) is 4.90 Å². The summed E-state index contributed by atoms with van der Waals surface area (Å²) in [5.74, 6) is 3.47. The molecule has 166 valence electrons. The third-order valence-electron chi connectivity index (χ3n) is 3.84. The average Bonchev–Trinajstić information content (AvgIpc) is 3.16. The second-order valence-corrected chi connectivity index (χ2v) is 7.97. The first kappa shape index (κ1) is 25.0. The molecule has 0 saturated heterocycles. The van der Waals surface area contributed by atoms with Gasteiger partial charge < -0.3 is 19.9 Å². The lowest BCUT2D eigenvalue weighted by Crippen LogP contribution is -2.32. The number of aromatic nitrogens is 2. The Morgan fingerprint density at radius 1 is 1.13 bits per heavy atom. The first-order valence-corrected chi connectivity index (χ1v) is 10.9. The van der Waals surface area contributed by atoms with Gasteiger partial charge in [-0.2, -0.15) is 4.98 Å². The highest BCUT2D eigenvalue weighted by Crippen LogP contribution is 2.17. The van der Waals surface area contributed by atoms with E-state index in [0.717, 1.165) is 23.7 Å². The Kier molecular flexibility index (Phi) is 10.6. The van der Waals surface area contributed by atoms with E-state index in [9.17, 15) is 0 Å². The summed E-state index contributed by atoms with van der Waals surface area (Å²) in [6.07, 6.45) is 0.141. The quantitative estimate of drug-likeness (QED) is 0.125. The molecule has 0 fully saturated rings. The predicted octanol–water partition coefficient (Wildman–Crippen LogP) is 5.13. The van der Waals surface area contributed by atoms with Crippen LogP contribution in [-0.4, -0.2) is 34.5 Å². The molecule has 9 heteroatoms. The number of nitrogens with one attached hydrogen (secondary N) is 2. The summed E-state index contributed by atoms with van der Waals surface area (Å²) in [5.41, 5.74) is 0.912. The highest BCUT2D eigenvalue weighted by atomic mass is 127. The topological polar surface area (TPSA) is 84.6 Å². The average molecular weight is 553 g/mol. The number of thioether (sulfide) groups is 1. The van der Waals surface area contributed by atoms with E-state index in [2.05, 4.69) is 37.9 Å². The molecule has 7 nitrogen and oxygen atoms in total. The van der Waals surface area contributed by atoms with Gasteiger partial charge in [0.15, 0.2) is 11.8 Å². The van der Waals surface area contributed by atoms with Gasteiger partial charge in [-0.1, -0.05) is 23.4 Å². The van der Waals surface area contributed by atoms with Crippen molar-refractivity contribution in [2.45, 2.75) is 38.3 Å². The SMILES string of the molecule is Cc1noc(CN=C(NCCSc2ccccc2)Nc2ccc(OC(C)C)cc2)n1.I. The molecular formula is C22H28IN5O2S. The van der Waals surface area contributed by atoms with Gasteiger partial charge in [0.05, 0.1) is 6.10 Å². The highest BCUT2D eigenvalue weighted by Gasteiger charge is 2.05. The Morgan fingerprint density at radius 2 is 1.87 bits per heavy atom. The number of nitrogens with zero attached hydrogens (tertiary/aromatic N) is 3. The molecule has 0 aliphatic rings. The molecule has 2 N–H and O–H groups in total. The molecule has 0 radical (unpaired) electrons. The maximum Gasteiger partial charge on any atom is 0.248 e. The van der Waals surface area contributed by atoms with Gasteiger partial charge in [-0.3, -0.25) is 0 Å². The van der Waals surface area contributed by atoms with Crippen LogP contribution in [0.1, 0.15) is 25.6 Å². The standard InChI is InChI=1S/C22H27N5O2S.HI/c1-16(2)28-19-11-9-18(10-12-19)26-22(24-15-21-25-17(3)27-29-21)23-13-14-30-20-7-5-4-6-8-20;/h4-12,16H,13-15H2,1-3H3,(H2,23,24,26);1H. The largest absolute Gasteiger partial charge is 0.491 e. The van der Waals surface area contributed by atoms with Gasteiger partial charge in [0.2, 0.25) is 5.89 Å². The lowest BCUT2D eigenvalue weighted by Gasteiger charge is -2.14. The maximum absolute atomic E-state index is 5.70. The zero-order valence-corrected chi connectivity index (χ0v) is 21.0. The summed E-state index contributed by atoms with van der Waals surface area (Å²) < 4.78 is 10.9. The molecule has 0 aliphatic heterocycles. The van der Waals surface area contributed by atoms with Crippen molar-refractivity contribution in [1.29, 1.82) is 0 Å². The van der Waals surface area contributed by atoms with Gasteiger partial charge in [-0.05, 0) is 57.2 Å². The van der Waals surface area contributed by atoms with Crippen LogP contribution in [-0.2, 0) is 6.54 Å². The van der Waals surface area contributed by atoms with Crippen LogP contribution in [0.25, 0.3) is 0 Å². The van der Waals surface area contributed by atoms with Crippen LogP contribution in [0.4, 0.5) is 5.69 Å². The van der Waals surface area contributed by atoms with Gasteiger partial charge in [-0.25, -0.2) is 4.99 Å². The molecule has 0 amide bonds. The summed E-state index contributed by atoms with van der Waals surface area (Å²) in [4.78, 5) is 10.0. The number of rotatable bonds is 9. The van der Waals surface area contributed by atoms with Crippen LogP contribution in [0.3, 0.4) is 0 Å². The Balaban J connectivity index is 0.00000341. The number of aliphatic imine (C=N–C) groups is 1. The molecule has 1 aromatic heterocycles. The molecule has 0 spiro atoms. The number of anilines is 1. The molecule has 3 aromatic rings. The van der Waals surface area contributed by atoms with E-state index in [4.69, 9.17) is 9.26 Å². The second-order valence-electron chi connectivity index (χ2n) is 6.80. The molecule has 1 heterocycles. The fourth-order valence-corrected chi connectivity index (χ4v) is 3.36. The molecule has 0 unspecified atom stereocenters. The van der Waals surface area contributed by atoms with E-state index in [1.807, 2.05) is 56.3 Å². The van der Waals surface area contributed by atoms with Crippen LogP contribution in [0, 0.1) is 6.92 Å². The molecule has 31 heavy (non-hydrogen) atoms. The predicted molar refractivity (Wildman–Crippen MR) is 137 cm³/mol. The number of aryl methyl sites for hydroxylation is 1. The number of hydrogen-bond acceptors (Lipinski definition) is 6. The highest BCUT2D eigenvalue weighted by molar-refractivity contribution is 14.0. The summed E-state index contributed by atoms with van der Waals surface area (Å²) >= 11 is 1.79. The fraction of sp³-hybridized carbons (Fsp3) is 0.318. The molecular weight excluding hydrogens is 525 g/mol. The van der Waals surface area contributed by atoms with Crippen molar-refractivity contribution in [3.63, 3.8) is 0 Å². The van der Waals surface area contributed by atoms with E-state index >= 15 is 0 Å². The van der Waals surface area contributed by atoms with Gasteiger partial charge >= 0.3 is 0 Å². The first-order chi connectivity index (χ1) is 14.6. The van der Waals surface area contributed by atoms with Crippen LogP contribution >= 0.6 is 35.7 Å². The summed E-state index contributed by atoms with van der Waals surface area (Å²) in [6.45, 7) is 6.86. The lowest BCUT2D eigenvalue weighted by atomic mass is 10.3. The van der Waals surface area contributed by atoms with Crippen LogP contribution in [0.2, 0.25) is 0 Å². The monoisotopic (exact) mass is 553 g/mol. The zero-order chi connectivity index (χ0) is 21.2. The number of ether oxygens (including phenoxy) is 1. The Morgan fingerprint density at radius 3 is 2.52 bits per heavy atom. The normalized spacial score (nSPS) is 11.2. The van der Waals surface area contributed by atoms with Gasteiger partial charge in [-0.15, -0.1) is 35.7 Å². The molecule has 0 aliphatic carbocycles. The molecule has 0 saturated carbocycles. The van der Waals surface area contributed by atoms with Crippen molar-refractivity contribution in [2.24, 2.45) is 4.99 Å². The van der Waals surface area contributed by atoms with E-state index in [-0.39, 0.29) is 30.1 Å². The van der Waals surface area contributed by atoms with Crippen molar-refractivity contribution < 1.29 is 9.26 Å². The van der Waals surface area contributed by atoms with E-state index in [1.54, 1.807) is 18.7 Å². The van der Waals surface area contributed by atoms with Crippen molar-refractivity contribution in [2.75, 3.05) is 17.6 Å². The van der Waals surface area contributed by atoms with Gasteiger partial charge in [0.1, 0.15) is 12.3 Å². The summed E-state index contributed by atoms with van der Waals surface area (Å²) in [7, 11) is 0. The smallest absolute Gasteiger partial charge is 0.248 e. The molecule has 0 bridgehead atoms. The van der Waals surface area contributed by atoms with Crippen molar-refractivity contribution >= 4 is 47.4 Å². The van der Waals surface area contributed by atoms with Crippen LogP contribution in [0.15, 0.2) is 69.0 Å². The Bertz CT molecular complexity index is 933. The zero-order valence-electron chi connectivity index (χ0n) is 17.9. The molecule has 0 atom stereocenters. The fourth-order valence-electron chi connectivity index (χ4n) is 2.57. The minimum atomic E-state index is 0. The van der Waals surface area contributed by atoms with Crippen LogP contribution in [0.5, 0.6) is 5.75 Å². The maximum atomic E-state index is 5.70. The third-order valence-corrected chi connectivity index (χ3v) is 4.85. The Hall–Kier alpha value is -2.27. The van der Waals surface area contributed by atoms with Crippen molar-refractivity contribution in [1.82, 2.24) is 15.5 Å². The lowest BCUT2D eigenvalue weighted by molar-refractivity contribution is 0.242. The summed E-state index contributed by atoms with van der Waals surface area (Å²) in [5, 5.41) is 10.5. The third kappa shape index (κ3) is 9.18. The van der Waals surface area contributed by atoms with E-state index < -0.39 is 0 Å². The number of hydrogen-bond donors (Lipinski definition) is 2. The minimum Gasteiger partial charge on any atom is -0.491 e. The number of halogens is 1.